The standard InChI is InChI=1S/C21H22N6O3S.C20H24N6O3S/c1-31(28,29)7-5-17(16-11-30-12-16)14-2-3-19(23-8-14)27-10-15(9-26-27)18-4-6-22-21-20(18)24-13-25-21;1-30(27,28)7-5-16(15-11-29-12-15)13-2-3-18(24-8-13)26-10-14(9-25-26)17-4-6-23-20(22)19(17)21/h2-4,6,8-10,13,16-17H,5,7,11-12H2,1H3,(H,22,24,25);2-4,6,8-10,15-16H,5,7,11-12,21H2,1H3,(H2,22,23). The summed E-state index contributed by atoms with van der Waals surface area (Å²) in [7, 11) is -6.04. The quantitative estimate of drug-likeness (QED) is 0.140. The minimum absolute atomic E-state index is 0.0998. The highest BCUT2D eigenvalue weighted by molar-refractivity contribution is 7.90. The SMILES string of the molecule is CS(=O)(=O)CCC(c1ccc(-n2cc(-c3ccnc(N)c3N)cn2)nc1)C1COC1.CS(=O)(=O)CCC(c1ccc(-n2cc(-c3ccnc4nc[nH]c34)cn2)nc1)C1COC1. The van der Waals surface area contributed by atoms with Crippen molar-refractivity contribution in [2.24, 2.45) is 11.8 Å². The molecule has 18 nitrogen and oxygen atoms in total. The molecule has 0 aromatic carbocycles. The lowest BCUT2D eigenvalue weighted by Crippen LogP contribution is -2.34. The first-order chi connectivity index (χ1) is 29.3. The molecule has 5 N–H and O–H groups in total. The second-order valence-corrected chi connectivity index (χ2v) is 20.0. The van der Waals surface area contributed by atoms with E-state index in [0.717, 1.165) is 38.9 Å². The third kappa shape index (κ3) is 9.77. The van der Waals surface area contributed by atoms with E-state index in [4.69, 9.17) is 20.9 Å². The van der Waals surface area contributed by atoms with E-state index in [9.17, 15) is 16.8 Å². The molecule has 0 bridgehead atoms. The van der Waals surface area contributed by atoms with Crippen LogP contribution in [0.2, 0.25) is 0 Å². The molecule has 0 aliphatic carbocycles. The van der Waals surface area contributed by atoms with Crippen LogP contribution in [-0.2, 0) is 29.1 Å². The molecule has 7 aromatic heterocycles. The number of nitrogens with zero attached hydrogens (tertiary/aromatic N) is 9. The molecule has 2 fully saturated rings. The van der Waals surface area contributed by atoms with Crippen molar-refractivity contribution in [3.05, 3.63) is 103 Å². The van der Waals surface area contributed by atoms with Crippen LogP contribution < -0.4 is 11.5 Å². The van der Waals surface area contributed by atoms with Gasteiger partial charge in [-0.15, -0.1) is 0 Å². The third-order valence-corrected chi connectivity index (χ3v) is 13.0. The van der Waals surface area contributed by atoms with E-state index in [-0.39, 0.29) is 29.2 Å². The average Bonchev–Trinajstić information content (AvgIpc) is 3.99. The molecular formula is C41H46N12O6S2. The van der Waals surface area contributed by atoms with Gasteiger partial charge in [0.05, 0.1) is 67.9 Å². The van der Waals surface area contributed by atoms with Crippen molar-refractivity contribution in [3.63, 3.8) is 0 Å². The number of aromatic nitrogens is 10. The molecule has 2 saturated heterocycles. The second kappa shape index (κ2) is 17.5. The van der Waals surface area contributed by atoms with Crippen LogP contribution in [0.15, 0.2) is 92.3 Å². The summed E-state index contributed by atoms with van der Waals surface area (Å²) in [6.45, 7) is 2.61. The Balaban J connectivity index is 0.000000169. The van der Waals surface area contributed by atoms with Gasteiger partial charge in [-0.1, -0.05) is 12.1 Å². The van der Waals surface area contributed by atoms with E-state index in [0.29, 0.717) is 74.1 Å². The number of rotatable bonds is 14. The number of H-pyrrole nitrogens is 1. The molecule has 0 amide bonds. The molecule has 7 aromatic rings. The normalized spacial score (nSPS) is 15.7. The number of aromatic amines is 1. The molecule has 2 aliphatic rings. The zero-order chi connectivity index (χ0) is 42.7. The molecule has 9 heterocycles. The highest BCUT2D eigenvalue weighted by Crippen LogP contribution is 2.35. The van der Waals surface area contributed by atoms with Crippen molar-refractivity contribution in [2.75, 3.05) is 61.9 Å². The molecule has 0 radical (unpaired) electrons. The number of nitrogens with two attached hydrogens (primary N) is 2. The Morgan fingerprint density at radius 3 is 1.66 bits per heavy atom. The van der Waals surface area contributed by atoms with Gasteiger partial charge in [0.1, 0.15) is 25.5 Å². The first kappa shape index (κ1) is 41.6. The molecule has 318 valence electrons. The first-order valence-corrected chi connectivity index (χ1v) is 23.7. The van der Waals surface area contributed by atoms with Gasteiger partial charge in [-0.2, -0.15) is 10.2 Å². The average molecular weight is 867 g/mol. The van der Waals surface area contributed by atoms with E-state index in [1.165, 1.54) is 12.5 Å². The summed E-state index contributed by atoms with van der Waals surface area (Å²) >= 11 is 0. The van der Waals surface area contributed by atoms with Crippen LogP contribution in [0.25, 0.3) is 45.1 Å². The van der Waals surface area contributed by atoms with Crippen molar-refractivity contribution >= 4 is 42.3 Å². The number of nitrogens with one attached hydrogen (secondary N) is 1. The van der Waals surface area contributed by atoms with Gasteiger partial charge in [0.15, 0.2) is 17.3 Å². The molecule has 20 heteroatoms. The number of imidazole rings is 1. The highest BCUT2D eigenvalue weighted by atomic mass is 32.2. The second-order valence-electron chi connectivity index (χ2n) is 15.5. The predicted octanol–water partition coefficient (Wildman–Crippen LogP) is 4.03. The summed E-state index contributed by atoms with van der Waals surface area (Å²) in [5, 5.41) is 8.84. The zero-order valence-electron chi connectivity index (χ0n) is 33.6. The van der Waals surface area contributed by atoms with Gasteiger partial charge in [-0.3, -0.25) is 0 Å². The maximum Gasteiger partial charge on any atom is 0.178 e. The monoisotopic (exact) mass is 866 g/mol. The predicted molar refractivity (Wildman–Crippen MR) is 230 cm³/mol. The number of hydrogen-bond donors (Lipinski definition) is 3. The highest BCUT2D eigenvalue weighted by Gasteiger charge is 2.32. The van der Waals surface area contributed by atoms with Crippen molar-refractivity contribution in [1.29, 1.82) is 0 Å². The zero-order valence-corrected chi connectivity index (χ0v) is 35.2. The fourth-order valence-electron chi connectivity index (χ4n) is 7.51. The molecular weight excluding hydrogens is 821 g/mol. The van der Waals surface area contributed by atoms with Gasteiger partial charge >= 0.3 is 0 Å². The Hall–Kier alpha value is -6.09. The summed E-state index contributed by atoms with van der Waals surface area (Å²) in [5.41, 5.74) is 19.3. The van der Waals surface area contributed by atoms with Crippen LogP contribution in [0.5, 0.6) is 0 Å². The van der Waals surface area contributed by atoms with Crippen molar-refractivity contribution in [1.82, 2.24) is 49.5 Å². The lowest BCUT2D eigenvalue weighted by atomic mass is 9.83. The minimum atomic E-state index is -3.03. The van der Waals surface area contributed by atoms with E-state index < -0.39 is 19.7 Å². The molecule has 61 heavy (non-hydrogen) atoms. The largest absolute Gasteiger partial charge is 0.395 e. The van der Waals surface area contributed by atoms with Crippen LogP contribution in [-0.4, -0.2) is 117 Å². The number of anilines is 2. The maximum absolute atomic E-state index is 11.7. The van der Waals surface area contributed by atoms with E-state index >= 15 is 0 Å². The Morgan fingerprint density at radius 2 is 1.18 bits per heavy atom. The van der Waals surface area contributed by atoms with Gasteiger partial charge in [0, 0.05) is 83.8 Å². The Morgan fingerprint density at radius 1 is 0.672 bits per heavy atom. The lowest BCUT2D eigenvalue weighted by Gasteiger charge is -2.34. The Labute approximate surface area is 352 Å². The fourth-order valence-corrected chi connectivity index (χ4v) is 8.88. The molecule has 0 saturated carbocycles. The number of ether oxygens (including phenoxy) is 2. The number of hydrogen-bond acceptors (Lipinski definition) is 15. The van der Waals surface area contributed by atoms with E-state index in [1.807, 2.05) is 48.9 Å². The molecule has 2 aliphatic heterocycles. The Bertz CT molecular complexity index is 2840. The van der Waals surface area contributed by atoms with Crippen molar-refractivity contribution in [3.8, 4) is 33.9 Å². The fraction of sp³-hybridized carbons (Fsp3) is 0.341. The van der Waals surface area contributed by atoms with Crippen molar-refractivity contribution in [2.45, 2.75) is 24.7 Å². The van der Waals surface area contributed by atoms with Crippen LogP contribution in [0.4, 0.5) is 11.5 Å². The van der Waals surface area contributed by atoms with Crippen LogP contribution in [0.1, 0.15) is 35.8 Å². The van der Waals surface area contributed by atoms with Gasteiger partial charge in [0.25, 0.3) is 0 Å². The van der Waals surface area contributed by atoms with E-state index in [1.54, 1.807) is 52.7 Å². The first-order valence-electron chi connectivity index (χ1n) is 19.6. The number of nitrogen functional groups attached to an aromatic ring is 2. The molecule has 0 spiro atoms. The topological polar surface area (TPSA) is 255 Å². The molecule has 9 rings (SSSR count). The molecule has 2 unspecified atom stereocenters. The number of fused-ring (bicyclic) bond motifs is 1. The number of pyridine rings is 4. The van der Waals surface area contributed by atoms with E-state index in [2.05, 4.69) is 40.1 Å². The molecule has 2 atom stereocenters. The van der Waals surface area contributed by atoms with Crippen molar-refractivity contribution < 1.29 is 26.3 Å². The summed E-state index contributed by atoms with van der Waals surface area (Å²) in [5.74, 6) is 2.79. The number of sulfone groups is 2. The van der Waals surface area contributed by atoms with Gasteiger partial charge in [-0.05, 0) is 60.1 Å². The lowest BCUT2D eigenvalue weighted by molar-refractivity contribution is -0.0455. The Kier molecular flexibility index (Phi) is 11.9. The summed E-state index contributed by atoms with van der Waals surface area (Å²) in [4.78, 5) is 24.7. The van der Waals surface area contributed by atoms with Crippen LogP contribution in [0.3, 0.4) is 0 Å². The van der Waals surface area contributed by atoms with Gasteiger partial charge in [-0.25, -0.2) is 51.1 Å². The minimum Gasteiger partial charge on any atom is -0.395 e. The van der Waals surface area contributed by atoms with Crippen LogP contribution in [0, 0.1) is 11.8 Å². The third-order valence-electron chi connectivity index (χ3n) is 11.1. The smallest absolute Gasteiger partial charge is 0.178 e. The summed E-state index contributed by atoms with van der Waals surface area (Å²) < 4.78 is 60.6. The van der Waals surface area contributed by atoms with Gasteiger partial charge < -0.3 is 25.9 Å². The maximum atomic E-state index is 11.7. The van der Waals surface area contributed by atoms with Gasteiger partial charge in [0.2, 0.25) is 0 Å². The summed E-state index contributed by atoms with van der Waals surface area (Å²) in [6, 6.07) is 11.5. The van der Waals surface area contributed by atoms with Crippen LogP contribution >= 0.6 is 0 Å². The summed E-state index contributed by atoms with van der Waals surface area (Å²) in [6.07, 6.45) is 19.5.